The van der Waals surface area contributed by atoms with E-state index in [0.717, 1.165) is 5.56 Å². The highest BCUT2D eigenvalue weighted by Crippen LogP contribution is 2.33. The second-order valence-electron chi connectivity index (χ2n) is 5.78. The van der Waals surface area contributed by atoms with Gasteiger partial charge in [-0.05, 0) is 29.8 Å². The Morgan fingerprint density at radius 2 is 1.96 bits per heavy atom. The number of hydrogen-bond donors (Lipinski definition) is 1. The molecular formula is C18H15N5O2. The van der Waals surface area contributed by atoms with Crippen molar-refractivity contribution in [1.82, 2.24) is 14.8 Å². The van der Waals surface area contributed by atoms with E-state index >= 15 is 0 Å². The van der Waals surface area contributed by atoms with E-state index in [1.54, 1.807) is 41.5 Å². The van der Waals surface area contributed by atoms with Crippen LogP contribution in [0, 0.1) is 0 Å². The maximum Gasteiger partial charge on any atom is 0.277 e. The summed E-state index contributed by atoms with van der Waals surface area (Å²) in [6.07, 6.45) is 5.39. The highest BCUT2D eigenvalue weighted by Gasteiger charge is 2.38. The average molecular weight is 333 g/mol. The van der Waals surface area contributed by atoms with E-state index in [4.69, 9.17) is 5.73 Å². The zero-order valence-electron chi connectivity index (χ0n) is 13.2. The minimum Gasteiger partial charge on any atom is -0.368 e. The van der Waals surface area contributed by atoms with Gasteiger partial charge in [-0.25, -0.2) is 4.68 Å². The number of carbonyl (C=O) groups is 2. The SMILES string of the molecule is NC(=O)[C@@H]1Cc2ccccc2N1C(=O)c1cc(-n2cccn2)ccn1. The lowest BCUT2D eigenvalue weighted by atomic mass is 10.1. The molecule has 1 aliphatic heterocycles. The number of fused-ring (bicyclic) bond motifs is 1. The zero-order chi connectivity index (χ0) is 17.4. The zero-order valence-corrected chi connectivity index (χ0v) is 13.2. The van der Waals surface area contributed by atoms with Crippen molar-refractivity contribution >= 4 is 17.5 Å². The monoisotopic (exact) mass is 333 g/mol. The number of amides is 2. The van der Waals surface area contributed by atoms with Crippen LogP contribution in [0.2, 0.25) is 0 Å². The lowest BCUT2D eigenvalue weighted by Crippen LogP contribution is -2.46. The van der Waals surface area contributed by atoms with Gasteiger partial charge in [-0.1, -0.05) is 18.2 Å². The highest BCUT2D eigenvalue weighted by molar-refractivity contribution is 6.10. The fourth-order valence-corrected chi connectivity index (χ4v) is 3.09. The Kier molecular flexibility index (Phi) is 3.53. The van der Waals surface area contributed by atoms with Gasteiger partial charge in [-0.15, -0.1) is 0 Å². The number of nitrogens with two attached hydrogens (primary N) is 1. The number of nitrogens with zero attached hydrogens (tertiary/aromatic N) is 4. The standard InChI is InChI=1S/C18H15N5O2/c19-17(24)16-10-12-4-1-2-5-15(12)23(16)18(25)14-11-13(6-8-20-14)22-9-3-7-21-22/h1-9,11,16H,10H2,(H2,19,24)/t16-/m0/s1. The molecule has 2 N–H and O–H groups in total. The molecule has 1 aromatic carbocycles. The Morgan fingerprint density at radius 1 is 1.12 bits per heavy atom. The summed E-state index contributed by atoms with van der Waals surface area (Å²) in [5.41, 5.74) is 8.09. The number of anilines is 1. The summed E-state index contributed by atoms with van der Waals surface area (Å²) in [5.74, 6) is -0.893. The van der Waals surface area contributed by atoms with Crippen molar-refractivity contribution in [1.29, 1.82) is 0 Å². The summed E-state index contributed by atoms with van der Waals surface area (Å²) in [7, 11) is 0. The van der Waals surface area contributed by atoms with Crippen LogP contribution in [0.15, 0.2) is 61.1 Å². The van der Waals surface area contributed by atoms with Gasteiger partial charge in [0.1, 0.15) is 11.7 Å². The van der Waals surface area contributed by atoms with E-state index < -0.39 is 11.9 Å². The summed E-state index contributed by atoms with van der Waals surface area (Å²) in [4.78, 5) is 30.5. The van der Waals surface area contributed by atoms with Crippen molar-refractivity contribution < 1.29 is 9.59 Å². The van der Waals surface area contributed by atoms with E-state index in [1.165, 1.54) is 4.90 Å². The Morgan fingerprint density at radius 3 is 2.72 bits per heavy atom. The normalized spacial score (nSPS) is 15.8. The summed E-state index contributed by atoms with van der Waals surface area (Å²) < 4.78 is 1.64. The molecule has 4 rings (SSSR count). The first-order valence-electron chi connectivity index (χ1n) is 7.82. The van der Waals surface area contributed by atoms with E-state index in [9.17, 15) is 9.59 Å². The predicted molar refractivity (Wildman–Crippen MR) is 91.3 cm³/mol. The summed E-state index contributed by atoms with van der Waals surface area (Å²) in [6.45, 7) is 0. The number of hydrogen-bond acceptors (Lipinski definition) is 4. The molecule has 0 unspecified atom stereocenters. The lowest BCUT2D eigenvalue weighted by Gasteiger charge is -2.23. The smallest absolute Gasteiger partial charge is 0.277 e. The molecule has 2 aromatic heterocycles. The number of rotatable bonds is 3. The first-order valence-corrected chi connectivity index (χ1v) is 7.82. The predicted octanol–water partition coefficient (Wildman–Crippen LogP) is 1.32. The number of benzene rings is 1. The van der Waals surface area contributed by atoms with Crippen LogP contribution in [0.4, 0.5) is 5.69 Å². The molecule has 0 spiro atoms. The summed E-state index contributed by atoms with van der Waals surface area (Å²) in [6, 6.07) is 11.9. The Bertz CT molecular complexity index is 952. The van der Waals surface area contributed by atoms with Crippen LogP contribution in [-0.4, -0.2) is 32.6 Å². The summed E-state index contributed by atoms with van der Waals surface area (Å²) in [5, 5.41) is 4.15. The van der Waals surface area contributed by atoms with Gasteiger partial charge in [-0.3, -0.25) is 19.5 Å². The highest BCUT2D eigenvalue weighted by atomic mass is 16.2. The van der Waals surface area contributed by atoms with Gasteiger partial charge in [0.15, 0.2) is 0 Å². The van der Waals surface area contributed by atoms with E-state index in [0.29, 0.717) is 17.8 Å². The Hall–Kier alpha value is -3.48. The molecule has 0 radical (unpaired) electrons. The van der Waals surface area contributed by atoms with Crippen molar-refractivity contribution in [3.8, 4) is 5.69 Å². The molecule has 25 heavy (non-hydrogen) atoms. The fraction of sp³-hybridized carbons (Fsp3) is 0.111. The maximum absolute atomic E-state index is 13.1. The fourth-order valence-electron chi connectivity index (χ4n) is 3.09. The molecule has 1 atom stereocenters. The number of pyridine rings is 1. The largest absolute Gasteiger partial charge is 0.368 e. The number of carbonyl (C=O) groups excluding carboxylic acids is 2. The van der Waals surface area contributed by atoms with Crippen LogP contribution in [-0.2, 0) is 11.2 Å². The van der Waals surface area contributed by atoms with Gasteiger partial charge < -0.3 is 5.73 Å². The van der Waals surface area contributed by atoms with Gasteiger partial charge >= 0.3 is 0 Å². The van der Waals surface area contributed by atoms with Crippen molar-refractivity contribution in [2.45, 2.75) is 12.5 Å². The molecular weight excluding hydrogens is 318 g/mol. The van der Waals surface area contributed by atoms with Gasteiger partial charge in [0.25, 0.3) is 5.91 Å². The van der Waals surface area contributed by atoms with Crippen LogP contribution in [0.25, 0.3) is 5.69 Å². The molecule has 2 amide bonds. The second-order valence-corrected chi connectivity index (χ2v) is 5.78. The molecule has 7 heteroatoms. The van der Waals surface area contributed by atoms with Crippen LogP contribution in [0.3, 0.4) is 0 Å². The first-order chi connectivity index (χ1) is 12.1. The Labute approximate surface area is 143 Å². The third kappa shape index (κ3) is 2.55. The van der Waals surface area contributed by atoms with Crippen molar-refractivity contribution in [3.05, 3.63) is 72.3 Å². The molecule has 7 nitrogen and oxygen atoms in total. The molecule has 0 fully saturated rings. The van der Waals surface area contributed by atoms with Gasteiger partial charge in [0.2, 0.25) is 5.91 Å². The van der Waals surface area contributed by atoms with Gasteiger partial charge in [0, 0.05) is 30.7 Å². The molecule has 0 saturated heterocycles. The molecule has 0 bridgehead atoms. The van der Waals surface area contributed by atoms with Crippen LogP contribution in [0.5, 0.6) is 0 Å². The van der Waals surface area contributed by atoms with Crippen molar-refractivity contribution in [2.24, 2.45) is 5.73 Å². The summed E-state index contributed by atoms with van der Waals surface area (Å²) >= 11 is 0. The number of para-hydroxylation sites is 1. The van der Waals surface area contributed by atoms with E-state index in [2.05, 4.69) is 10.1 Å². The molecule has 0 saturated carbocycles. The first kappa shape index (κ1) is 15.1. The van der Waals surface area contributed by atoms with E-state index in [1.807, 2.05) is 24.3 Å². The molecule has 3 aromatic rings. The van der Waals surface area contributed by atoms with Crippen LogP contribution < -0.4 is 10.6 Å². The average Bonchev–Trinajstić information content (AvgIpc) is 3.29. The molecule has 1 aliphatic rings. The molecule has 0 aliphatic carbocycles. The van der Waals surface area contributed by atoms with Gasteiger partial charge in [0.05, 0.1) is 5.69 Å². The quantitative estimate of drug-likeness (QED) is 0.782. The second kappa shape index (κ2) is 5.86. The Balaban J connectivity index is 1.75. The topological polar surface area (TPSA) is 94.1 Å². The number of aromatic nitrogens is 3. The minimum atomic E-state index is -0.708. The van der Waals surface area contributed by atoms with Crippen molar-refractivity contribution in [2.75, 3.05) is 4.90 Å². The third-order valence-electron chi connectivity index (χ3n) is 4.25. The number of primary amides is 1. The van der Waals surface area contributed by atoms with Gasteiger partial charge in [-0.2, -0.15) is 5.10 Å². The third-order valence-corrected chi connectivity index (χ3v) is 4.25. The minimum absolute atomic E-state index is 0.232. The van der Waals surface area contributed by atoms with Crippen molar-refractivity contribution in [3.63, 3.8) is 0 Å². The molecule has 124 valence electrons. The lowest BCUT2D eigenvalue weighted by molar-refractivity contribution is -0.119. The maximum atomic E-state index is 13.1. The molecule has 3 heterocycles. The van der Waals surface area contributed by atoms with Crippen LogP contribution >= 0.6 is 0 Å². The van der Waals surface area contributed by atoms with E-state index in [-0.39, 0.29) is 11.6 Å². The van der Waals surface area contributed by atoms with Crippen LogP contribution in [0.1, 0.15) is 16.1 Å².